The van der Waals surface area contributed by atoms with E-state index in [1.54, 1.807) is 18.4 Å². The monoisotopic (exact) mass is 283 g/mol. The number of ether oxygens (including phenoxy) is 1. The first-order chi connectivity index (χ1) is 8.97. The minimum Gasteiger partial charge on any atom is -0.390 e. The topological polar surface area (TPSA) is 42.4 Å². The van der Waals surface area contributed by atoms with Gasteiger partial charge in [0.25, 0.3) is 0 Å². The molecular formula is C15H25NO2S. The van der Waals surface area contributed by atoms with Gasteiger partial charge in [-0.15, -0.1) is 11.3 Å². The van der Waals surface area contributed by atoms with E-state index in [0.717, 1.165) is 42.3 Å². The van der Waals surface area contributed by atoms with Gasteiger partial charge in [-0.25, -0.2) is 4.98 Å². The quantitative estimate of drug-likeness (QED) is 0.922. The third kappa shape index (κ3) is 3.18. The second-order valence-electron chi connectivity index (χ2n) is 5.92. The van der Waals surface area contributed by atoms with Crippen LogP contribution in [0.5, 0.6) is 0 Å². The molecule has 1 unspecified atom stereocenters. The maximum absolute atomic E-state index is 10.6. The van der Waals surface area contributed by atoms with Crippen LogP contribution in [0.25, 0.3) is 0 Å². The summed E-state index contributed by atoms with van der Waals surface area (Å²) >= 11 is 1.69. The van der Waals surface area contributed by atoms with Crippen LogP contribution in [0.2, 0.25) is 0 Å². The molecular weight excluding hydrogens is 258 g/mol. The number of aliphatic hydroxyl groups excluding tert-OH is 1. The highest BCUT2D eigenvalue weighted by Gasteiger charge is 2.41. The molecule has 1 saturated carbocycles. The van der Waals surface area contributed by atoms with Crippen molar-refractivity contribution in [3.8, 4) is 0 Å². The first kappa shape index (κ1) is 14.9. The predicted molar refractivity (Wildman–Crippen MR) is 78.7 cm³/mol. The normalized spacial score (nSPS) is 29.4. The molecule has 0 aliphatic heterocycles. The van der Waals surface area contributed by atoms with Gasteiger partial charge in [0.15, 0.2) is 0 Å². The maximum Gasteiger partial charge on any atom is 0.0957 e. The zero-order valence-corrected chi connectivity index (χ0v) is 13.2. The number of aliphatic hydroxyl groups is 1. The average Bonchev–Trinajstić information content (AvgIpc) is 2.69. The van der Waals surface area contributed by atoms with Crippen LogP contribution in [0, 0.1) is 19.8 Å². The molecule has 0 aromatic carbocycles. The van der Waals surface area contributed by atoms with Gasteiger partial charge in [-0.05, 0) is 45.4 Å². The first-order valence-electron chi connectivity index (χ1n) is 7.13. The summed E-state index contributed by atoms with van der Waals surface area (Å²) in [5, 5.41) is 11.6. The molecule has 1 aromatic rings. The van der Waals surface area contributed by atoms with Crippen molar-refractivity contribution < 1.29 is 9.84 Å². The molecule has 19 heavy (non-hydrogen) atoms. The van der Waals surface area contributed by atoms with Gasteiger partial charge in [-0.1, -0.05) is 6.92 Å². The van der Waals surface area contributed by atoms with Gasteiger partial charge in [-0.2, -0.15) is 0 Å². The number of thiazole rings is 1. The molecule has 1 atom stereocenters. The van der Waals surface area contributed by atoms with Crippen molar-refractivity contribution in [2.45, 2.75) is 64.6 Å². The Morgan fingerprint density at radius 3 is 2.53 bits per heavy atom. The smallest absolute Gasteiger partial charge is 0.0957 e. The lowest BCUT2D eigenvalue weighted by Gasteiger charge is -2.41. The minimum absolute atomic E-state index is 0.361. The number of nitrogens with zero attached hydrogens (tertiary/aromatic N) is 1. The highest BCUT2D eigenvalue weighted by atomic mass is 32.1. The number of hydrogen-bond acceptors (Lipinski definition) is 4. The summed E-state index contributed by atoms with van der Waals surface area (Å²) in [7, 11) is 1.73. The van der Waals surface area contributed by atoms with Crippen LogP contribution in [-0.4, -0.2) is 28.9 Å². The van der Waals surface area contributed by atoms with Crippen molar-refractivity contribution >= 4 is 11.3 Å². The highest BCUT2D eigenvalue weighted by molar-refractivity contribution is 7.11. The van der Waals surface area contributed by atoms with Gasteiger partial charge in [0.2, 0.25) is 0 Å². The predicted octanol–water partition coefficient (Wildman–Crippen LogP) is 3.26. The fourth-order valence-electron chi connectivity index (χ4n) is 2.90. The number of aryl methyl sites for hydroxylation is 2. The Bertz CT molecular complexity index is 402. The van der Waals surface area contributed by atoms with Crippen LogP contribution >= 0.6 is 11.3 Å². The Balaban J connectivity index is 2.06. The molecule has 0 radical (unpaired) electrons. The summed E-state index contributed by atoms with van der Waals surface area (Å²) < 4.78 is 5.72. The molecule has 108 valence electrons. The Kier molecular flexibility index (Phi) is 4.64. The number of aromatic nitrogens is 1. The van der Waals surface area contributed by atoms with Crippen molar-refractivity contribution in [2.24, 2.45) is 5.92 Å². The zero-order valence-electron chi connectivity index (χ0n) is 12.4. The first-order valence-corrected chi connectivity index (χ1v) is 7.94. The Hall–Kier alpha value is -0.450. The Labute approximate surface area is 120 Å². The van der Waals surface area contributed by atoms with Crippen LogP contribution in [0.1, 0.15) is 48.2 Å². The molecule has 0 amide bonds. The zero-order chi connectivity index (χ0) is 14.0. The van der Waals surface area contributed by atoms with Crippen molar-refractivity contribution in [3.63, 3.8) is 0 Å². The van der Waals surface area contributed by atoms with Crippen LogP contribution in [0.3, 0.4) is 0 Å². The van der Waals surface area contributed by atoms with E-state index in [-0.39, 0.29) is 5.60 Å². The molecule has 1 aliphatic rings. The lowest BCUT2D eigenvalue weighted by molar-refractivity contribution is -0.127. The standard InChI is InChI=1S/C15H25NO2S/c1-10-5-7-15(18-4,8-6-10)13(17)9-14-16-11(2)12(3)19-14/h10,13,17H,5-9H2,1-4H3. The Morgan fingerprint density at radius 1 is 1.42 bits per heavy atom. The third-order valence-electron chi connectivity index (χ3n) is 4.58. The van der Waals surface area contributed by atoms with E-state index in [0.29, 0.717) is 6.42 Å². The van der Waals surface area contributed by atoms with E-state index in [2.05, 4.69) is 18.8 Å². The molecule has 1 aliphatic carbocycles. The minimum atomic E-state index is -0.449. The summed E-state index contributed by atoms with van der Waals surface area (Å²) in [5.41, 5.74) is 0.718. The van der Waals surface area contributed by atoms with E-state index in [1.165, 1.54) is 4.88 Å². The van der Waals surface area contributed by atoms with Gasteiger partial charge in [-0.3, -0.25) is 0 Å². The van der Waals surface area contributed by atoms with E-state index in [4.69, 9.17) is 4.74 Å². The number of rotatable bonds is 4. The van der Waals surface area contributed by atoms with Crippen LogP contribution in [0.15, 0.2) is 0 Å². The van der Waals surface area contributed by atoms with Crippen LogP contribution in [-0.2, 0) is 11.2 Å². The van der Waals surface area contributed by atoms with Crippen molar-refractivity contribution in [3.05, 3.63) is 15.6 Å². The third-order valence-corrected chi connectivity index (χ3v) is 5.67. The summed E-state index contributed by atoms with van der Waals surface area (Å²) in [6, 6.07) is 0. The second-order valence-corrected chi connectivity index (χ2v) is 7.21. The molecule has 1 aromatic heterocycles. The summed E-state index contributed by atoms with van der Waals surface area (Å²) in [6.45, 7) is 6.38. The average molecular weight is 283 g/mol. The molecule has 2 rings (SSSR count). The molecule has 1 heterocycles. The van der Waals surface area contributed by atoms with Crippen molar-refractivity contribution in [2.75, 3.05) is 7.11 Å². The second kappa shape index (κ2) is 5.90. The van der Waals surface area contributed by atoms with Gasteiger partial charge < -0.3 is 9.84 Å². The Morgan fingerprint density at radius 2 is 2.05 bits per heavy atom. The van der Waals surface area contributed by atoms with E-state index >= 15 is 0 Å². The van der Waals surface area contributed by atoms with Gasteiger partial charge in [0, 0.05) is 18.4 Å². The highest BCUT2D eigenvalue weighted by Crippen LogP contribution is 2.38. The van der Waals surface area contributed by atoms with Gasteiger partial charge >= 0.3 is 0 Å². The van der Waals surface area contributed by atoms with Gasteiger partial charge in [0.1, 0.15) is 0 Å². The summed E-state index contributed by atoms with van der Waals surface area (Å²) in [4.78, 5) is 5.77. The van der Waals surface area contributed by atoms with E-state index in [9.17, 15) is 5.11 Å². The molecule has 3 nitrogen and oxygen atoms in total. The molecule has 4 heteroatoms. The molecule has 0 saturated heterocycles. The van der Waals surface area contributed by atoms with Crippen LogP contribution in [0.4, 0.5) is 0 Å². The summed E-state index contributed by atoms with van der Waals surface area (Å²) in [6.07, 6.45) is 4.35. The lowest BCUT2D eigenvalue weighted by atomic mass is 9.75. The van der Waals surface area contributed by atoms with Crippen molar-refractivity contribution in [1.29, 1.82) is 0 Å². The molecule has 1 fully saturated rings. The SMILES string of the molecule is COC1(C(O)Cc2nc(C)c(C)s2)CCC(C)CC1. The summed E-state index contributed by atoms with van der Waals surface area (Å²) in [5.74, 6) is 0.750. The number of hydrogen-bond donors (Lipinski definition) is 1. The molecule has 0 spiro atoms. The van der Waals surface area contributed by atoms with Gasteiger partial charge in [0.05, 0.1) is 22.4 Å². The molecule has 1 N–H and O–H groups in total. The fraction of sp³-hybridized carbons (Fsp3) is 0.800. The van der Waals surface area contributed by atoms with E-state index < -0.39 is 6.10 Å². The van der Waals surface area contributed by atoms with Crippen molar-refractivity contribution in [1.82, 2.24) is 4.98 Å². The van der Waals surface area contributed by atoms with Crippen LogP contribution < -0.4 is 0 Å². The lowest BCUT2D eigenvalue weighted by Crippen LogP contribution is -2.47. The largest absolute Gasteiger partial charge is 0.390 e. The molecule has 0 bridgehead atoms. The van der Waals surface area contributed by atoms with E-state index in [1.807, 2.05) is 6.92 Å². The fourth-order valence-corrected chi connectivity index (χ4v) is 3.87. The maximum atomic E-state index is 10.6. The number of methoxy groups -OCH3 is 1.